The highest BCUT2D eigenvalue weighted by atomic mass is 32.1. The first-order valence-electron chi connectivity index (χ1n) is 6.52. The van der Waals surface area contributed by atoms with E-state index in [-0.39, 0.29) is 0 Å². The van der Waals surface area contributed by atoms with Gasteiger partial charge in [-0.05, 0) is 44.0 Å². The van der Waals surface area contributed by atoms with Crippen LogP contribution in [0.15, 0.2) is 18.2 Å². The van der Waals surface area contributed by atoms with Gasteiger partial charge in [0.25, 0.3) is 0 Å². The van der Waals surface area contributed by atoms with Gasteiger partial charge in [0.1, 0.15) is 0 Å². The Labute approximate surface area is 114 Å². The van der Waals surface area contributed by atoms with Gasteiger partial charge in [-0.2, -0.15) is 0 Å². The first-order valence-corrected chi connectivity index (χ1v) is 7.33. The molecule has 0 atom stereocenters. The van der Waals surface area contributed by atoms with Crippen LogP contribution >= 0.6 is 11.3 Å². The molecule has 0 aliphatic carbocycles. The van der Waals surface area contributed by atoms with E-state index in [1.54, 1.807) is 0 Å². The van der Waals surface area contributed by atoms with Gasteiger partial charge in [-0.1, -0.05) is 6.92 Å². The van der Waals surface area contributed by atoms with E-state index < -0.39 is 0 Å². The van der Waals surface area contributed by atoms with Crippen LogP contribution in [0.1, 0.15) is 33.6 Å². The van der Waals surface area contributed by atoms with Gasteiger partial charge in [0.05, 0.1) is 0 Å². The molecular formula is C15H22N2S. The molecule has 18 heavy (non-hydrogen) atoms. The second-order valence-electron chi connectivity index (χ2n) is 4.78. The van der Waals surface area contributed by atoms with E-state index in [0.717, 1.165) is 19.5 Å². The van der Waals surface area contributed by atoms with Crippen LogP contribution in [0, 0.1) is 13.8 Å². The van der Waals surface area contributed by atoms with Gasteiger partial charge in [0.2, 0.25) is 0 Å². The summed E-state index contributed by atoms with van der Waals surface area (Å²) in [6.45, 7) is 8.47. The monoisotopic (exact) mass is 262 g/mol. The molecule has 0 bridgehead atoms. The zero-order valence-electron chi connectivity index (χ0n) is 11.7. The zero-order valence-corrected chi connectivity index (χ0v) is 12.5. The summed E-state index contributed by atoms with van der Waals surface area (Å²) in [5.41, 5.74) is 4.09. The minimum absolute atomic E-state index is 0.951. The van der Waals surface area contributed by atoms with E-state index >= 15 is 0 Å². The number of hydrogen-bond donors (Lipinski definition) is 1. The second-order valence-corrected chi connectivity index (χ2v) is 6.03. The van der Waals surface area contributed by atoms with Gasteiger partial charge in [0.15, 0.2) is 0 Å². The van der Waals surface area contributed by atoms with Crippen LogP contribution in [0.5, 0.6) is 0 Å². The van der Waals surface area contributed by atoms with Crippen molar-refractivity contribution in [3.05, 3.63) is 44.9 Å². The summed E-state index contributed by atoms with van der Waals surface area (Å²) in [6, 6.07) is 6.74. The Kier molecular flexibility index (Phi) is 4.25. The molecule has 1 N–H and O–H groups in total. The molecule has 0 aliphatic rings. The van der Waals surface area contributed by atoms with Crippen LogP contribution in [0.2, 0.25) is 0 Å². The summed E-state index contributed by atoms with van der Waals surface area (Å²) in [7, 11) is 2.13. The maximum Gasteiger partial charge on any atom is 0.0303 e. The molecule has 2 heterocycles. The highest BCUT2D eigenvalue weighted by molar-refractivity contribution is 7.11. The first-order chi connectivity index (χ1) is 8.61. The van der Waals surface area contributed by atoms with E-state index in [4.69, 9.17) is 0 Å². The van der Waals surface area contributed by atoms with Gasteiger partial charge in [-0.15, -0.1) is 11.3 Å². The largest absolute Gasteiger partial charge is 0.352 e. The third kappa shape index (κ3) is 2.85. The van der Waals surface area contributed by atoms with Crippen molar-refractivity contribution in [2.24, 2.45) is 7.05 Å². The first kappa shape index (κ1) is 13.4. The van der Waals surface area contributed by atoms with Crippen LogP contribution in [0.3, 0.4) is 0 Å². The number of hydrogen-bond acceptors (Lipinski definition) is 2. The molecule has 0 saturated carbocycles. The fraction of sp³-hybridized carbons (Fsp3) is 0.467. The van der Waals surface area contributed by atoms with Crippen LogP contribution in [-0.4, -0.2) is 4.57 Å². The van der Waals surface area contributed by atoms with Gasteiger partial charge in [0, 0.05) is 41.3 Å². The molecule has 2 rings (SSSR count). The maximum absolute atomic E-state index is 3.53. The van der Waals surface area contributed by atoms with Crippen molar-refractivity contribution in [1.82, 2.24) is 9.88 Å². The molecule has 0 amide bonds. The summed E-state index contributed by atoms with van der Waals surface area (Å²) in [6.07, 6.45) is 1.14. The van der Waals surface area contributed by atoms with Crippen LogP contribution < -0.4 is 5.32 Å². The highest BCUT2D eigenvalue weighted by Gasteiger charge is 2.05. The van der Waals surface area contributed by atoms with Crippen molar-refractivity contribution in [2.45, 2.75) is 40.3 Å². The Bertz CT molecular complexity index is 523. The predicted molar refractivity (Wildman–Crippen MR) is 79.1 cm³/mol. The molecule has 98 valence electrons. The maximum atomic E-state index is 3.53. The van der Waals surface area contributed by atoms with Gasteiger partial charge >= 0.3 is 0 Å². The normalized spacial score (nSPS) is 11.1. The lowest BCUT2D eigenvalue weighted by molar-refractivity contribution is 0.694. The summed E-state index contributed by atoms with van der Waals surface area (Å²) in [5, 5.41) is 3.53. The van der Waals surface area contributed by atoms with Gasteiger partial charge < -0.3 is 9.88 Å². The number of thiophene rings is 1. The standard InChI is InChI=1S/C15H22N2S/c1-5-14-6-7-15(18-14)10-16-9-13-8-11(2)17(4)12(13)3/h6-8,16H,5,9-10H2,1-4H3. The lowest BCUT2D eigenvalue weighted by Crippen LogP contribution is -2.12. The number of nitrogens with zero attached hydrogens (tertiary/aromatic N) is 1. The molecule has 0 aliphatic heterocycles. The fourth-order valence-electron chi connectivity index (χ4n) is 2.14. The smallest absolute Gasteiger partial charge is 0.0303 e. The number of nitrogens with one attached hydrogen (secondary N) is 1. The average molecular weight is 262 g/mol. The molecular weight excluding hydrogens is 240 g/mol. The summed E-state index contributed by atoms with van der Waals surface area (Å²) >= 11 is 1.91. The molecule has 2 aromatic rings. The Morgan fingerprint density at radius 1 is 1.17 bits per heavy atom. The van der Waals surface area contributed by atoms with Crippen LogP contribution in [0.4, 0.5) is 0 Å². The highest BCUT2D eigenvalue weighted by Crippen LogP contribution is 2.17. The van der Waals surface area contributed by atoms with E-state index in [2.05, 4.69) is 55.9 Å². The predicted octanol–water partition coefficient (Wildman–Crippen LogP) is 3.56. The SMILES string of the molecule is CCc1ccc(CNCc2cc(C)n(C)c2C)s1. The summed E-state index contributed by atoms with van der Waals surface area (Å²) in [4.78, 5) is 2.90. The van der Waals surface area contributed by atoms with Crippen molar-refractivity contribution in [3.8, 4) is 0 Å². The minimum Gasteiger partial charge on any atom is -0.352 e. The molecule has 0 fully saturated rings. The Balaban J connectivity index is 1.90. The molecule has 3 heteroatoms. The topological polar surface area (TPSA) is 17.0 Å². The van der Waals surface area contributed by atoms with Crippen molar-refractivity contribution in [3.63, 3.8) is 0 Å². The number of aromatic nitrogens is 1. The molecule has 0 spiro atoms. The van der Waals surface area contributed by atoms with Crippen molar-refractivity contribution < 1.29 is 0 Å². The zero-order chi connectivity index (χ0) is 13.1. The van der Waals surface area contributed by atoms with Crippen molar-refractivity contribution in [1.29, 1.82) is 0 Å². The fourth-order valence-corrected chi connectivity index (χ4v) is 3.07. The van der Waals surface area contributed by atoms with E-state index in [9.17, 15) is 0 Å². The van der Waals surface area contributed by atoms with E-state index in [1.165, 1.54) is 26.7 Å². The summed E-state index contributed by atoms with van der Waals surface area (Å²) < 4.78 is 2.25. The Morgan fingerprint density at radius 2 is 1.89 bits per heavy atom. The minimum atomic E-state index is 0.951. The van der Waals surface area contributed by atoms with E-state index in [0.29, 0.717) is 0 Å². The summed E-state index contributed by atoms with van der Waals surface area (Å²) in [5.74, 6) is 0. The quantitative estimate of drug-likeness (QED) is 0.872. The second kappa shape index (κ2) is 5.72. The molecule has 0 unspecified atom stereocenters. The lowest BCUT2D eigenvalue weighted by atomic mass is 10.2. The Morgan fingerprint density at radius 3 is 2.44 bits per heavy atom. The molecule has 0 saturated heterocycles. The third-order valence-corrected chi connectivity index (χ3v) is 4.79. The molecule has 0 aromatic carbocycles. The van der Waals surface area contributed by atoms with Gasteiger partial charge in [-0.3, -0.25) is 0 Å². The molecule has 0 radical (unpaired) electrons. The van der Waals surface area contributed by atoms with Gasteiger partial charge in [-0.25, -0.2) is 0 Å². The lowest BCUT2D eigenvalue weighted by Gasteiger charge is -2.04. The molecule has 2 nitrogen and oxygen atoms in total. The van der Waals surface area contributed by atoms with Crippen LogP contribution in [-0.2, 0) is 26.6 Å². The number of aryl methyl sites for hydroxylation is 2. The Hall–Kier alpha value is -1.06. The number of rotatable bonds is 5. The third-order valence-electron chi connectivity index (χ3n) is 3.56. The van der Waals surface area contributed by atoms with Crippen molar-refractivity contribution in [2.75, 3.05) is 0 Å². The van der Waals surface area contributed by atoms with Crippen LogP contribution in [0.25, 0.3) is 0 Å². The van der Waals surface area contributed by atoms with Crippen molar-refractivity contribution >= 4 is 11.3 Å². The molecule has 2 aromatic heterocycles. The average Bonchev–Trinajstić information content (AvgIpc) is 2.91. The van der Waals surface area contributed by atoms with E-state index in [1.807, 2.05) is 11.3 Å².